The molecule has 1 heterocycles. The summed E-state index contributed by atoms with van der Waals surface area (Å²) in [5, 5.41) is 9.82. The van der Waals surface area contributed by atoms with Crippen LogP contribution in [0.3, 0.4) is 0 Å². The summed E-state index contributed by atoms with van der Waals surface area (Å²) in [7, 11) is 1.38. The van der Waals surface area contributed by atoms with Gasteiger partial charge in [-0.3, -0.25) is 0 Å². The van der Waals surface area contributed by atoms with Gasteiger partial charge in [-0.05, 0) is 6.42 Å². The van der Waals surface area contributed by atoms with Gasteiger partial charge in [0.2, 0.25) is 5.60 Å². The highest BCUT2D eigenvalue weighted by Gasteiger charge is 2.60. The Morgan fingerprint density at radius 1 is 1.56 bits per heavy atom. The van der Waals surface area contributed by atoms with Gasteiger partial charge in [0.05, 0.1) is 0 Å². The van der Waals surface area contributed by atoms with E-state index in [4.69, 9.17) is 5.73 Å². The lowest BCUT2D eigenvalue weighted by Gasteiger charge is -2.34. The highest BCUT2D eigenvalue weighted by Crippen LogP contribution is 2.40. The molecule has 0 aliphatic heterocycles. The summed E-state index contributed by atoms with van der Waals surface area (Å²) in [5.74, 6) is -0.491. The van der Waals surface area contributed by atoms with E-state index < -0.39 is 23.6 Å². The monoisotopic (exact) mass is 237 g/mol. The van der Waals surface area contributed by atoms with Gasteiger partial charge < -0.3 is 15.4 Å². The fraction of sp³-hybridized carbons (Fsp3) is 0.667. The molecule has 0 aliphatic carbocycles. The summed E-state index contributed by atoms with van der Waals surface area (Å²) in [6.45, 7) is 1.48. The van der Waals surface area contributed by atoms with Crippen LogP contribution in [0.1, 0.15) is 19.2 Å². The van der Waals surface area contributed by atoms with Crippen molar-refractivity contribution < 1.29 is 18.3 Å². The molecule has 0 spiro atoms. The van der Waals surface area contributed by atoms with Crippen LogP contribution in [0.2, 0.25) is 0 Å². The van der Waals surface area contributed by atoms with Gasteiger partial charge in [0.25, 0.3) is 0 Å². The molecule has 0 radical (unpaired) electrons. The Labute approximate surface area is 90.9 Å². The standard InChI is InChI=1S/C9H14F3N3O/c1-3-6(13)8(16,9(10,11)12)7-14-4-5-15(7)2/h4-6,16H,3,13H2,1-2H3. The summed E-state index contributed by atoms with van der Waals surface area (Å²) in [6, 6.07) is -1.45. The Morgan fingerprint density at radius 2 is 2.12 bits per heavy atom. The molecule has 3 N–H and O–H groups in total. The number of imidazole rings is 1. The smallest absolute Gasteiger partial charge is 0.373 e. The molecular formula is C9H14F3N3O. The molecule has 0 saturated heterocycles. The first-order chi connectivity index (χ1) is 7.25. The second-order valence-corrected chi connectivity index (χ2v) is 3.64. The summed E-state index contributed by atoms with van der Waals surface area (Å²) < 4.78 is 39.8. The maximum Gasteiger partial charge on any atom is 0.426 e. The Balaban J connectivity index is 3.32. The Kier molecular flexibility index (Phi) is 3.30. The van der Waals surface area contributed by atoms with E-state index in [9.17, 15) is 18.3 Å². The molecule has 0 aliphatic rings. The van der Waals surface area contributed by atoms with E-state index in [1.54, 1.807) is 0 Å². The first-order valence-corrected chi connectivity index (χ1v) is 4.77. The van der Waals surface area contributed by atoms with Crippen molar-refractivity contribution in [2.24, 2.45) is 12.8 Å². The molecule has 0 saturated carbocycles. The second kappa shape index (κ2) is 4.06. The Hall–Kier alpha value is -1.08. The molecule has 1 aromatic rings. The zero-order valence-electron chi connectivity index (χ0n) is 8.99. The number of hydrogen-bond donors (Lipinski definition) is 2. The van der Waals surface area contributed by atoms with Gasteiger partial charge in [-0.15, -0.1) is 0 Å². The third-order valence-corrected chi connectivity index (χ3v) is 2.57. The van der Waals surface area contributed by atoms with Gasteiger partial charge in [-0.25, -0.2) is 4.98 Å². The highest BCUT2D eigenvalue weighted by atomic mass is 19.4. The van der Waals surface area contributed by atoms with Crippen molar-refractivity contribution in [1.82, 2.24) is 9.55 Å². The molecule has 0 fully saturated rings. The number of aryl methyl sites for hydroxylation is 1. The van der Waals surface area contributed by atoms with E-state index >= 15 is 0 Å². The molecule has 4 nitrogen and oxygen atoms in total. The number of nitrogens with two attached hydrogens (primary N) is 1. The van der Waals surface area contributed by atoms with E-state index in [-0.39, 0.29) is 6.42 Å². The van der Waals surface area contributed by atoms with Crippen molar-refractivity contribution in [2.45, 2.75) is 31.2 Å². The van der Waals surface area contributed by atoms with E-state index in [1.807, 2.05) is 0 Å². The number of aliphatic hydroxyl groups is 1. The average molecular weight is 237 g/mol. The number of aromatic nitrogens is 2. The zero-order valence-corrected chi connectivity index (χ0v) is 8.99. The molecule has 1 rings (SSSR count). The molecule has 0 amide bonds. The van der Waals surface area contributed by atoms with E-state index in [2.05, 4.69) is 4.98 Å². The fourth-order valence-corrected chi connectivity index (χ4v) is 1.53. The molecular weight excluding hydrogens is 223 g/mol. The van der Waals surface area contributed by atoms with Crippen LogP contribution in [0.5, 0.6) is 0 Å². The molecule has 0 bridgehead atoms. The zero-order chi connectivity index (χ0) is 12.6. The third kappa shape index (κ3) is 1.80. The molecule has 92 valence electrons. The van der Waals surface area contributed by atoms with Crippen molar-refractivity contribution >= 4 is 0 Å². The summed E-state index contributed by atoms with van der Waals surface area (Å²) in [4.78, 5) is 3.54. The van der Waals surface area contributed by atoms with Gasteiger partial charge >= 0.3 is 6.18 Å². The van der Waals surface area contributed by atoms with Crippen LogP contribution in [0, 0.1) is 0 Å². The first kappa shape index (κ1) is 13.0. The van der Waals surface area contributed by atoms with E-state index in [0.29, 0.717) is 0 Å². The quantitative estimate of drug-likeness (QED) is 0.821. The summed E-state index contributed by atoms with van der Waals surface area (Å²) in [5.41, 5.74) is 2.26. The van der Waals surface area contributed by atoms with E-state index in [0.717, 1.165) is 4.57 Å². The molecule has 1 aromatic heterocycles. The van der Waals surface area contributed by atoms with Gasteiger partial charge in [0, 0.05) is 25.5 Å². The van der Waals surface area contributed by atoms with Crippen molar-refractivity contribution in [2.75, 3.05) is 0 Å². The topological polar surface area (TPSA) is 64.1 Å². The van der Waals surface area contributed by atoms with Gasteiger partial charge in [0.1, 0.15) is 0 Å². The molecule has 16 heavy (non-hydrogen) atoms. The van der Waals surface area contributed by atoms with Crippen molar-refractivity contribution in [3.8, 4) is 0 Å². The molecule has 2 atom stereocenters. The SMILES string of the molecule is CCC(N)C(O)(c1nccn1C)C(F)(F)F. The third-order valence-electron chi connectivity index (χ3n) is 2.57. The maximum atomic E-state index is 12.9. The van der Waals surface area contributed by atoms with Crippen LogP contribution >= 0.6 is 0 Å². The Morgan fingerprint density at radius 3 is 2.44 bits per heavy atom. The van der Waals surface area contributed by atoms with Crippen LogP contribution in [0.25, 0.3) is 0 Å². The minimum atomic E-state index is -4.86. The predicted molar refractivity (Wildman–Crippen MR) is 51.4 cm³/mol. The van der Waals surface area contributed by atoms with Gasteiger partial charge in [0.15, 0.2) is 5.82 Å². The lowest BCUT2D eigenvalue weighted by molar-refractivity contribution is -0.278. The van der Waals surface area contributed by atoms with Crippen LogP contribution in [0.4, 0.5) is 13.2 Å². The molecule has 7 heteroatoms. The molecule has 0 aromatic carbocycles. The van der Waals surface area contributed by atoms with Crippen LogP contribution < -0.4 is 5.73 Å². The normalized spacial score (nSPS) is 18.2. The largest absolute Gasteiger partial charge is 0.426 e. The summed E-state index contributed by atoms with van der Waals surface area (Å²) >= 11 is 0. The Bertz CT molecular complexity index is 363. The second-order valence-electron chi connectivity index (χ2n) is 3.64. The van der Waals surface area contributed by atoms with Crippen molar-refractivity contribution in [3.05, 3.63) is 18.2 Å². The van der Waals surface area contributed by atoms with E-state index in [1.165, 1.54) is 26.4 Å². The van der Waals surface area contributed by atoms with Crippen LogP contribution in [0.15, 0.2) is 12.4 Å². The van der Waals surface area contributed by atoms with Crippen LogP contribution in [-0.2, 0) is 12.6 Å². The fourth-order valence-electron chi connectivity index (χ4n) is 1.53. The summed E-state index contributed by atoms with van der Waals surface area (Å²) in [6.07, 6.45) is -2.35. The minimum absolute atomic E-state index is 0.0110. The average Bonchev–Trinajstić information content (AvgIpc) is 2.60. The first-order valence-electron chi connectivity index (χ1n) is 4.77. The van der Waals surface area contributed by atoms with Crippen LogP contribution in [-0.4, -0.2) is 26.9 Å². The number of halogens is 3. The highest BCUT2D eigenvalue weighted by molar-refractivity contribution is 5.12. The van der Waals surface area contributed by atoms with Crippen molar-refractivity contribution in [3.63, 3.8) is 0 Å². The molecule has 2 unspecified atom stereocenters. The lowest BCUT2D eigenvalue weighted by atomic mass is 9.91. The maximum absolute atomic E-state index is 12.9. The number of hydrogen-bond acceptors (Lipinski definition) is 3. The predicted octanol–water partition coefficient (Wildman–Crippen LogP) is 0.907. The van der Waals surface area contributed by atoms with Gasteiger partial charge in [-0.1, -0.05) is 6.92 Å². The minimum Gasteiger partial charge on any atom is -0.373 e. The number of rotatable bonds is 3. The number of nitrogens with zero attached hydrogens (tertiary/aromatic N) is 2. The van der Waals surface area contributed by atoms with Gasteiger partial charge in [-0.2, -0.15) is 13.2 Å². The van der Waals surface area contributed by atoms with Crippen molar-refractivity contribution in [1.29, 1.82) is 0 Å². The number of alkyl halides is 3. The lowest BCUT2D eigenvalue weighted by Crippen LogP contribution is -2.56.